The summed E-state index contributed by atoms with van der Waals surface area (Å²) in [7, 11) is 3.68. The molecular formula is C16H20N3O+. The molecule has 2 aromatic heterocycles. The number of rotatable bonds is 1. The van der Waals surface area contributed by atoms with Crippen molar-refractivity contribution in [1.29, 1.82) is 0 Å². The van der Waals surface area contributed by atoms with Crippen molar-refractivity contribution in [2.75, 3.05) is 7.11 Å². The zero-order valence-electron chi connectivity index (χ0n) is 12.9. The Morgan fingerprint density at radius 3 is 2.50 bits per heavy atom. The summed E-state index contributed by atoms with van der Waals surface area (Å²) in [5, 5.41) is 0. The molecule has 104 valence electrons. The van der Waals surface area contributed by atoms with Gasteiger partial charge in [-0.15, -0.1) is 0 Å². The third-order valence-electron chi connectivity index (χ3n) is 4.59. The third-order valence-corrected chi connectivity index (χ3v) is 4.59. The van der Waals surface area contributed by atoms with Crippen LogP contribution in [0.4, 0.5) is 0 Å². The molecule has 0 spiro atoms. The molecule has 0 fully saturated rings. The fourth-order valence-corrected chi connectivity index (χ4v) is 3.00. The summed E-state index contributed by atoms with van der Waals surface area (Å²) in [6.07, 6.45) is 0. The fourth-order valence-electron chi connectivity index (χ4n) is 3.00. The number of hydrogen-bond donors (Lipinski definition) is 0. The van der Waals surface area contributed by atoms with E-state index in [0.717, 1.165) is 16.9 Å². The molecule has 3 rings (SSSR count). The van der Waals surface area contributed by atoms with Crippen LogP contribution in [0.3, 0.4) is 0 Å². The Bertz CT molecular complexity index is 760. The quantitative estimate of drug-likeness (QED) is 0.748. The van der Waals surface area contributed by atoms with E-state index in [-0.39, 0.29) is 5.41 Å². The van der Waals surface area contributed by atoms with Crippen LogP contribution in [0.25, 0.3) is 16.7 Å². The Balaban J connectivity index is 2.41. The monoisotopic (exact) mass is 270 g/mol. The maximum Gasteiger partial charge on any atom is 0.353 e. The van der Waals surface area contributed by atoms with E-state index in [4.69, 9.17) is 9.72 Å². The van der Waals surface area contributed by atoms with Gasteiger partial charge in [0.2, 0.25) is 0 Å². The molecule has 0 saturated heterocycles. The number of aryl methyl sites for hydroxylation is 1. The summed E-state index contributed by atoms with van der Waals surface area (Å²) >= 11 is 0. The van der Waals surface area contributed by atoms with Crippen LogP contribution in [-0.4, -0.2) is 17.1 Å². The lowest BCUT2D eigenvalue weighted by molar-refractivity contribution is -0.649. The highest BCUT2D eigenvalue weighted by atomic mass is 16.5. The van der Waals surface area contributed by atoms with Crippen molar-refractivity contribution >= 4 is 16.7 Å². The van der Waals surface area contributed by atoms with Gasteiger partial charge in [-0.1, -0.05) is 19.4 Å². The smallest absolute Gasteiger partial charge is 0.353 e. The van der Waals surface area contributed by atoms with Gasteiger partial charge in [0.25, 0.3) is 0 Å². The summed E-state index contributed by atoms with van der Waals surface area (Å²) in [6.45, 7) is 8.81. The van der Waals surface area contributed by atoms with Gasteiger partial charge in [0.1, 0.15) is 0 Å². The number of ether oxygens (including phenoxy) is 1. The largest absolute Gasteiger partial charge is 0.463 e. The van der Waals surface area contributed by atoms with Crippen molar-refractivity contribution in [3.8, 4) is 5.88 Å². The van der Waals surface area contributed by atoms with Crippen LogP contribution in [-0.2, 0) is 12.5 Å². The summed E-state index contributed by atoms with van der Waals surface area (Å²) < 4.78 is 7.35. The van der Waals surface area contributed by atoms with E-state index in [1.165, 1.54) is 16.8 Å². The first-order chi connectivity index (χ1) is 9.37. The van der Waals surface area contributed by atoms with Gasteiger partial charge in [0.15, 0.2) is 11.2 Å². The number of aromatic nitrogens is 3. The molecule has 4 heteroatoms. The van der Waals surface area contributed by atoms with E-state index in [1.807, 2.05) is 19.2 Å². The van der Waals surface area contributed by atoms with Gasteiger partial charge in [-0.2, -0.15) is 0 Å². The number of pyridine rings is 1. The summed E-state index contributed by atoms with van der Waals surface area (Å²) in [4.78, 5) is 9.40. The molecule has 0 unspecified atom stereocenters. The predicted octanol–water partition coefficient (Wildman–Crippen LogP) is 2.55. The molecule has 20 heavy (non-hydrogen) atoms. The second-order valence-corrected chi connectivity index (χ2v) is 5.94. The molecular weight excluding hydrogens is 250 g/mol. The lowest BCUT2D eigenvalue weighted by Gasteiger charge is -2.20. The van der Waals surface area contributed by atoms with Crippen molar-refractivity contribution in [3.63, 3.8) is 0 Å². The zero-order chi connectivity index (χ0) is 14.7. The second kappa shape index (κ2) is 4.01. The minimum atomic E-state index is -0.0225. The highest BCUT2D eigenvalue weighted by Crippen LogP contribution is 2.43. The van der Waals surface area contributed by atoms with E-state index in [9.17, 15) is 0 Å². The summed E-state index contributed by atoms with van der Waals surface area (Å²) in [5.74, 6) is 0.616. The van der Waals surface area contributed by atoms with E-state index in [0.29, 0.717) is 5.88 Å². The number of methoxy groups -OCH3 is 1. The van der Waals surface area contributed by atoms with Crippen LogP contribution in [0, 0.1) is 0 Å². The molecule has 1 aliphatic rings. The van der Waals surface area contributed by atoms with Gasteiger partial charge in [0, 0.05) is 11.5 Å². The van der Waals surface area contributed by atoms with Crippen molar-refractivity contribution in [2.24, 2.45) is 7.05 Å². The normalized spacial score (nSPS) is 16.7. The molecule has 2 heterocycles. The maximum absolute atomic E-state index is 5.22. The van der Waals surface area contributed by atoms with Crippen LogP contribution in [0.1, 0.15) is 39.1 Å². The summed E-state index contributed by atoms with van der Waals surface area (Å²) in [6, 6.07) is 3.83. The topological polar surface area (TPSA) is 38.9 Å². The van der Waals surface area contributed by atoms with Crippen LogP contribution in [0.5, 0.6) is 5.88 Å². The first-order valence-corrected chi connectivity index (χ1v) is 6.81. The molecule has 1 aliphatic carbocycles. The van der Waals surface area contributed by atoms with Gasteiger partial charge in [-0.25, -0.2) is 9.55 Å². The number of allylic oxidation sites excluding steroid dienone is 2. The second-order valence-electron chi connectivity index (χ2n) is 5.94. The highest BCUT2D eigenvalue weighted by molar-refractivity contribution is 5.77. The van der Waals surface area contributed by atoms with Gasteiger partial charge < -0.3 is 4.74 Å². The molecule has 0 aromatic carbocycles. The van der Waals surface area contributed by atoms with E-state index in [1.54, 1.807) is 7.11 Å². The molecule has 0 atom stereocenters. The van der Waals surface area contributed by atoms with E-state index >= 15 is 0 Å². The highest BCUT2D eigenvalue weighted by Gasteiger charge is 2.40. The molecule has 0 amide bonds. The first kappa shape index (κ1) is 13.0. The Morgan fingerprint density at radius 2 is 1.85 bits per heavy atom. The van der Waals surface area contributed by atoms with Crippen molar-refractivity contribution in [1.82, 2.24) is 9.97 Å². The Kier molecular flexibility index (Phi) is 2.61. The van der Waals surface area contributed by atoms with Crippen molar-refractivity contribution in [2.45, 2.75) is 33.1 Å². The number of fused-ring (bicyclic) bond motifs is 2. The standard InChI is InChI=1S/C16H20N3O/c1-9-10(2)16(3,4)14-13(9)19(5)15-11(17-14)7-8-12(18-15)20-6/h7-8H,1-6H3/q+1. The lowest BCUT2D eigenvalue weighted by atomic mass is 9.85. The van der Waals surface area contributed by atoms with Gasteiger partial charge in [0.05, 0.1) is 19.9 Å². The summed E-state index contributed by atoms with van der Waals surface area (Å²) in [5.41, 5.74) is 6.72. The van der Waals surface area contributed by atoms with Gasteiger partial charge in [-0.05, 0) is 30.5 Å². The van der Waals surface area contributed by atoms with Gasteiger partial charge >= 0.3 is 11.5 Å². The van der Waals surface area contributed by atoms with Crippen molar-refractivity contribution < 1.29 is 9.30 Å². The molecule has 0 N–H and O–H groups in total. The molecule has 2 aromatic rings. The van der Waals surface area contributed by atoms with E-state index in [2.05, 4.69) is 37.2 Å². The zero-order valence-corrected chi connectivity index (χ0v) is 12.9. The average molecular weight is 270 g/mol. The maximum atomic E-state index is 5.22. The molecule has 0 bridgehead atoms. The number of hydrogen-bond acceptors (Lipinski definition) is 3. The Hall–Kier alpha value is -1.97. The Morgan fingerprint density at radius 1 is 1.15 bits per heavy atom. The van der Waals surface area contributed by atoms with Crippen LogP contribution in [0.15, 0.2) is 17.7 Å². The van der Waals surface area contributed by atoms with Crippen LogP contribution < -0.4 is 9.30 Å². The molecule has 0 saturated carbocycles. The first-order valence-electron chi connectivity index (χ1n) is 6.81. The minimum absolute atomic E-state index is 0.0225. The minimum Gasteiger partial charge on any atom is -0.463 e. The fraction of sp³-hybridized carbons (Fsp3) is 0.438. The van der Waals surface area contributed by atoms with E-state index < -0.39 is 0 Å². The predicted molar refractivity (Wildman–Crippen MR) is 78.6 cm³/mol. The lowest BCUT2D eigenvalue weighted by Crippen LogP contribution is -2.37. The SMILES string of the molecule is COc1ccc2nc3c([n+](C)c2n1)C(C)=C(C)C3(C)C. The molecule has 0 aliphatic heterocycles. The third kappa shape index (κ3) is 1.51. The number of nitrogens with zero attached hydrogens (tertiary/aromatic N) is 3. The van der Waals surface area contributed by atoms with Crippen LogP contribution in [0.2, 0.25) is 0 Å². The molecule has 4 nitrogen and oxygen atoms in total. The Labute approximate surface area is 119 Å². The van der Waals surface area contributed by atoms with Gasteiger partial charge in [-0.3, -0.25) is 0 Å². The molecule has 0 radical (unpaired) electrons. The average Bonchev–Trinajstić information content (AvgIpc) is 2.60. The van der Waals surface area contributed by atoms with Crippen molar-refractivity contribution in [3.05, 3.63) is 29.1 Å². The van der Waals surface area contributed by atoms with Crippen LogP contribution >= 0.6 is 0 Å².